The predicted octanol–water partition coefficient (Wildman–Crippen LogP) is 0.639. The number of ether oxygens (including phenoxy) is 5. The molecule has 33 heavy (non-hydrogen) atoms. The van der Waals surface area contributed by atoms with Gasteiger partial charge in [0.2, 0.25) is 6.29 Å². The van der Waals surface area contributed by atoms with Crippen LogP contribution < -0.4 is 5.32 Å². The normalized spacial score (nSPS) is 24.2. The van der Waals surface area contributed by atoms with Gasteiger partial charge in [0.05, 0.1) is 0 Å². The monoisotopic (exact) mass is 469 g/mol. The molecule has 0 saturated carbocycles. The largest absolute Gasteiger partial charge is 0.463 e. The minimum absolute atomic E-state index is 0.0469. The van der Waals surface area contributed by atoms with Crippen LogP contribution in [0.15, 0.2) is 24.3 Å². The summed E-state index contributed by atoms with van der Waals surface area (Å²) in [6.07, 6.45) is -5.44. The SMILES string of the molecule is CC(=O)OC[C@@H]1O[C@H](OC(C)=O)[C@H](NC(=O)c2ccc(F)cc2)[C@@H](OC(C)=O)[C@H]1OC(C)=O. The zero-order chi connectivity index (χ0) is 24.7. The Morgan fingerprint density at radius 1 is 0.848 bits per heavy atom. The van der Waals surface area contributed by atoms with E-state index in [0.29, 0.717) is 0 Å². The van der Waals surface area contributed by atoms with Crippen molar-refractivity contribution in [3.8, 4) is 0 Å². The van der Waals surface area contributed by atoms with Gasteiger partial charge in [0.25, 0.3) is 5.91 Å². The van der Waals surface area contributed by atoms with Crippen molar-refractivity contribution in [2.45, 2.75) is 58.3 Å². The lowest BCUT2D eigenvalue weighted by atomic mass is 9.95. The molecule has 1 aromatic carbocycles. The summed E-state index contributed by atoms with van der Waals surface area (Å²) in [4.78, 5) is 59.3. The molecule has 0 unspecified atom stereocenters. The first-order valence-electron chi connectivity index (χ1n) is 9.84. The molecule has 0 bridgehead atoms. The second-order valence-corrected chi connectivity index (χ2v) is 7.11. The Kier molecular flexibility index (Phi) is 8.85. The van der Waals surface area contributed by atoms with E-state index in [1.54, 1.807) is 0 Å². The average molecular weight is 469 g/mol. The molecule has 11 nitrogen and oxygen atoms in total. The van der Waals surface area contributed by atoms with Gasteiger partial charge in [-0.05, 0) is 24.3 Å². The third-order valence-corrected chi connectivity index (χ3v) is 4.39. The van der Waals surface area contributed by atoms with Crippen LogP contribution in [-0.2, 0) is 42.9 Å². The molecule has 0 spiro atoms. The van der Waals surface area contributed by atoms with Crippen molar-refractivity contribution in [1.29, 1.82) is 0 Å². The van der Waals surface area contributed by atoms with Crippen LogP contribution >= 0.6 is 0 Å². The molecule has 1 heterocycles. The highest BCUT2D eigenvalue weighted by atomic mass is 19.1. The zero-order valence-corrected chi connectivity index (χ0v) is 18.4. The molecule has 1 aromatic rings. The molecule has 5 atom stereocenters. The first-order valence-corrected chi connectivity index (χ1v) is 9.84. The van der Waals surface area contributed by atoms with Gasteiger partial charge >= 0.3 is 23.9 Å². The Balaban J connectivity index is 2.44. The molecule has 1 saturated heterocycles. The summed E-state index contributed by atoms with van der Waals surface area (Å²) < 4.78 is 39.6. The maximum Gasteiger partial charge on any atom is 0.305 e. The Morgan fingerprint density at radius 2 is 1.39 bits per heavy atom. The molecule has 2 rings (SSSR count). The third kappa shape index (κ3) is 7.52. The van der Waals surface area contributed by atoms with Crippen molar-refractivity contribution in [2.75, 3.05) is 6.61 Å². The Hall–Kier alpha value is -3.54. The summed E-state index contributed by atoms with van der Waals surface area (Å²) >= 11 is 0. The van der Waals surface area contributed by atoms with Crippen LogP contribution in [-0.4, -0.2) is 67.0 Å². The molecule has 1 amide bonds. The summed E-state index contributed by atoms with van der Waals surface area (Å²) in [7, 11) is 0. The quantitative estimate of drug-likeness (QED) is 0.446. The minimum atomic E-state index is -1.51. The van der Waals surface area contributed by atoms with Crippen LogP contribution in [0.5, 0.6) is 0 Å². The van der Waals surface area contributed by atoms with Gasteiger partial charge in [-0.1, -0.05) is 0 Å². The van der Waals surface area contributed by atoms with E-state index in [2.05, 4.69) is 5.32 Å². The lowest BCUT2D eigenvalue weighted by molar-refractivity contribution is -0.270. The maximum absolute atomic E-state index is 13.2. The lowest BCUT2D eigenvalue weighted by Crippen LogP contribution is -2.67. The molecule has 0 aliphatic carbocycles. The number of esters is 4. The van der Waals surface area contributed by atoms with Crippen molar-refractivity contribution < 1.29 is 52.0 Å². The second kappa shape index (κ2) is 11.4. The molecule has 1 aliphatic rings. The molecule has 180 valence electrons. The van der Waals surface area contributed by atoms with Gasteiger partial charge in [-0.25, -0.2) is 4.39 Å². The average Bonchev–Trinajstić information content (AvgIpc) is 2.70. The number of carbonyl (C=O) groups is 5. The van der Waals surface area contributed by atoms with E-state index in [0.717, 1.165) is 39.8 Å². The van der Waals surface area contributed by atoms with E-state index in [4.69, 9.17) is 23.7 Å². The molecule has 1 aliphatic heterocycles. The zero-order valence-electron chi connectivity index (χ0n) is 18.4. The first kappa shape index (κ1) is 25.7. The van der Waals surface area contributed by atoms with Crippen LogP contribution in [0.1, 0.15) is 38.1 Å². The fraction of sp³-hybridized carbons (Fsp3) is 0.476. The fourth-order valence-corrected chi connectivity index (χ4v) is 3.16. The lowest BCUT2D eigenvalue weighted by Gasteiger charge is -2.44. The first-order chi connectivity index (χ1) is 15.5. The number of nitrogens with one attached hydrogen (secondary N) is 1. The highest BCUT2D eigenvalue weighted by Gasteiger charge is 2.52. The number of hydrogen-bond acceptors (Lipinski definition) is 10. The summed E-state index contributed by atoms with van der Waals surface area (Å²) in [6.45, 7) is 3.98. The van der Waals surface area contributed by atoms with E-state index in [1.165, 1.54) is 12.1 Å². The Bertz CT molecular complexity index is 903. The van der Waals surface area contributed by atoms with Crippen LogP contribution in [0.3, 0.4) is 0 Å². The molecular weight excluding hydrogens is 445 g/mol. The maximum atomic E-state index is 13.2. The van der Waals surface area contributed by atoms with Crippen LogP contribution in [0, 0.1) is 5.82 Å². The van der Waals surface area contributed by atoms with Crippen LogP contribution in [0.4, 0.5) is 4.39 Å². The number of amides is 1. The van der Waals surface area contributed by atoms with Gasteiger partial charge in [-0.3, -0.25) is 24.0 Å². The number of carbonyl (C=O) groups excluding carboxylic acids is 5. The number of hydrogen-bond donors (Lipinski definition) is 1. The molecular formula is C21H24FNO10. The van der Waals surface area contributed by atoms with Gasteiger partial charge in [-0.2, -0.15) is 0 Å². The highest BCUT2D eigenvalue weighted by molar-refractivity contribution is 5.94. The molecule has 12 heteroatoms. The fourth-order valence-electron chi connectivity index (χ4n) is 3.16. The Morgan fingerprint density at radius 3 is 1.91 bits per heavy atom. The molecule has 1 fully saturated rings. The molecule has 0 aromatic heterocycles. The van der Waals surface area contributed by atoms with Crippen molar-refractivity contribution in [3.63, 3.8) is 0 Å². The van der Waals surface area contributed by atoms with Crippen molar-refractivity contribution in [1.82, 2.24) is 5.32 Å². The highest BCUT2D eigenvalue weighted by Crippen LogP contribution is 2.28. The number of rotatable bonds is 7. The van der Waals surface area contributed by atoms with Gasteiger partial charge in [0, 0.05) is 33.3 Å². The second-order valence-electron chi connectivity index (χ2n) is 7.11. The standard InChI is InChI=1S/C21H24FNO10/c1-10(24)29-9-16-18(30-11(2)25)19(31-12(3)26)17(21(33-16)32-13(4)27)23-20(28)14-5-7-15(22)8-6-14/h5-8,16-19,21H,9H2,1-4H3,(H,23,28)/t16-,17+,18-,19+,21-/m0/s1. The topological polar surface area (TPSA) is 144 Å². The van der Waals surface area contributed by atoms with Gasteiger partial charge in [-0.15, -0.1) is 0 Å². The summed E-state index contributed by atoms with van der Waals surface area (Å²) in [5.41, 5.74) is 0.0469. The van der Waals surface area contributed by atoms with Crippen molar-refractivity contribution in [3.05, 3.63) is 35.6 Å². The van der Waals surface area contributed by atoms with E-state index in [9.17, 15) is 28.4 Å². The van der Waals surface area contributed by atoms with Gasteiger partial charge in [0.15, 0.2) is 12.2 Å². The third-order valence-electron chi connectivity index (χ3n) is 4.39. The predicted molar refractivity (Wildman–Crippen MR) is 106 cm³/mol. The smallest absolute Gasteiger partial charge is 0.305 e. The molecule has 1 N–H and O–H groups in total. The number of benzene rings is 1. The van der Waals surface area contributed by atoms with Gasteiger partial charge in [0.1, 0.15) is 24.6 Å². The Labute approximate surface area is 188 Å². The summed E-state index contributed by atoms with van der Waals surface area (Å²) in [6, 6.07) is 3.21. The minimum Gasteiger partial charge on any atom is -0.463 e. The van der Waals surface area contributed by atoms with E-state index in [1.807, 2.05) is 0 Å². The van der Waals surface area contributed by atoms with E-state index in [-0.39, 0.29) is 5.56 Å². The van der Waals surface area contributed by atoms with Crippen LogP contribution in [0.25, 0.3) is 0 Å². The van der Waals surface area contributed by atoms with Crippen LogP contribution in [0.2, 0.25) is 0 Å². The van der Waals surface area contributed by atoms with E-state index < -0.39 is 72.9 Å². The summed E-state index contributed by atoms with van der Waals surface area (Å²) in [5.74, 6) is -4.33. The summed E-state index contributed by atoms with van der Waals surface area (Å²) in [5, 5.41) is 2.51. The number of halogens is 1. The van der Waals surface area contributed by atoms with Crippen molar-refractivity contribution in [2.24, 2.45) is 0 Å². The molecule has 0 radical (unpaired) electrons. The van der Waals surface area contributed by atoms with E-state index >= 15 is 0 Å². The van der Waals surface area contributed by atoms with Crippen molar-refractivity contribution >= 4 is 29.8 Å². The van der Waals surface area contributed by atoms with Gasteiger partial charge < -0.3 is 29.0 Å².